The first-order valence-electron chi connectivity index (χ1n) is 12.5. The lowest BCUT2D eigenvalue weighted by Crippen LogP contribution is -2.29. The molecule has 10 heteroatoms. The zero-order valence-electron chi connectivity index (χ0n) is 21.8. The molecule has 0 atom stereocenters. The van der Waals surface area contributed by atoms with Crippen LogP contribution in [-0.2, 0) is 0 Å². The SMILES string of the molecule is COc1cc(F)ccc1Nc1cc(NCC(C)(C)O)c2ncc(-c3ccc(C(=O)NC4CC4)c(C)c3)n2n1. The van der Waals surface area contributed by atoms with E-state index in [2.05, 4.69) is 20.9 Å². The second kappa shape index (κ2) is 9.94. The van der Waals surface area contributed by atoms with Gasteiger partial charge in [0.15, 0.2) is 11.5 Å². The first kappa shape index (κ1) is 25.5. The Balaban J connectivity index is 1.55. The van der Waals surface area contributed by atoms with Gasteiger partial charge >= 0.3 is 0 Å². The fourth-order valence-corrected chi connectivity index (χ4v) is 4.14. The van der Waals surface area contributed by atoms with Gasteiger partial charge in [-0.25, -0.2) is 13.9 Å². The maximum atomic E-state index is 13.7. The second-order valence-electron chi connectivity index (χ2n) is 10.2. The van der Waals surface area contributed by atoms with E-state index in [0.717, 1.165) is 29.7 Å². The molecule has 38 heavy (non-hydrogen) atoms. The highest BCUT2D eigenvalue weighted by Gasteiger charge is 2.25. The number of nitrogens with zero attached hydrogens (tertiary/aromatic N) is 3. The van der Waals surface area contributed by atoms with E-state index in [1.807, 2.05) is 25.1 Å². The molecule has 4 N–H and O–H groups in total. The van der Waals surface area contributed by atoms with Crippen LogP contribution in [0.15, 0.2) is 48.7 Å². The van der Waals surface area contributed by atoms with Crippen LogP contribution in [-0.4, -0.2) is 50.9 Å². The Kier molecular flexibility index (Phi) is 6.66. The van der Waals surface area contributed by atoms with Gasteiger partial charge in [0.1, 0.15) is 11.6 Å². The number of nitrogens with one attached hydrogen (secondary N) is 3. The summed E-state index contributed by atoms with van der Waals surface area (Å²) in [6, 6.07) is 11.9. The minimum Gasteiger partial charge on any atom is -0.494 e. The molecule has 0 spiro atoms. The van der Waals surface area contributed by atoms with E-state index in [-0.39, 0.29) is 18.5 Å². The summed E-state index contributed by atoms with van der Waals surface area (Å²) in [6.07, 6.45) is 3.78. The summed E-state index contributed by atoms with van der Waals surface area (Å²) in [5.41, 5.74) is 3.84. The normalized spacial score (nSPS) is 13.4. The Morgan fingerprint density at radius 1 is 1.18 bits per heavy atom. The molecule has 1 aliphatic rings. The van der Waals surface area contributed by atoms with Gasteiger partial charge < -0.3 is 25.8 Å². The standard InChI is InChI=1S/C28H31FN6O3/c1-16-11-17(5-9-20(16)27(36)32-19-7-8-19)23-14-30-26-22(31-15-28(2,3)37)13-25(34-35(23)26)33-21-10-6-18(29)12-24(21)38-4/h5-6,9-14,19,31,37H,7-8,15H2,1-4H3,(H,32,36)(H,33,34). The van der Waals surface area contributed by atoms with Crippen molar-refractivity contribution in [2.75, 3.05) is 24.3 Å². The van der Waals surface area contributed by atoms with Crippen molar-refractivity contribution in [3.05, 3.63) is 65.6 Å². The Labute approximate surface area is 220 Å². The number of methoxy groups -OCH3 is 1. The summed E-state index contributed by atoms with van der Waals surface area (Å²) in [6.45, 7) is 5.60. The van der Waals surface area contributed by atoms with E-state index in [0.29, 0.717) is 34.2 Å². The lowest BCUT2D eigenvalue weighted by Gasteiger charge is -2.19. The van der Waals surface area contributed by atoms with Gasteiger partial charge in [0.25, 0.3) is 5.91 Å². The lowest BCUT2D eigenvalue weighted by molar-refractivity contribution is 0.0940. The number of aromatic nitrogens is 3. The number of carbonyl (C=O) groups is 1. The molecule has 0 bridgehead atoms. The summed E-state index contributed by atoms with van der Waals surface area (Å²) in [5, 5.41) is 24.5. The zero-order chi connectivity index (χ0) is 27.0. The molecular formula is C28H31FN6O3. The van der Waals surface area contributed by atoms with Crippen LogP contribution in [0.25, 0.3) is 16.9 Å². The number of fused-ring (bicyclic) bond motifs is 1. The van der Waals surface area contributed by atoms with E-state index in [1.54, 1.807) is 36.7 Å². The molecule has 0 unspecified atom stereocenters. The van der Waals surface area contributed by atoms with Crippen LogP contribution in [0.1, 0.15) is 42.6 Å². The molecule has 2 aromatic heterocycles. The van der Waals surface area contributed by atoms with E-state index in [1.165, 1.54) is 19.2 Å². The van der Waals surface area contributed by atoms with Gasteiger partial charge in [-0.15, -0.1) is 5.10 Å². The summed E-state index contributed by atoms with van der Waals surface area (Å²) in [7, 11) is 1.47. The largest absolute Gasteiger partial charge is 0.494 e. The first-order chi connectivity index (χ1) is 18.1. The third kappa shape index (κ3) is 5.55. The molecular weight excluding hydrogens is 487 g/mol. The van der Waals surface area contributed by atoms with E-state index >= 15 is 0 Å². The van der Waals surface area contributed by atoms with Crippen LogP contribution in [0.2, 0.25) is 0 Å². The minimum absolute atomic E-state index is 0.0642. The molecule has 0 radical (unpaired) electrons. The fraction of sp³-hybridized carbons (Fsp3) is 0.321. The van der Waals surface area contributed by atoms with E-state index in [9.17, 15) is 14.3 Å². The molecule has 0 saturated heterocycles. The molecule has 9 nitrogen and oxygen atoms in total. The Bertz CT molecular complexity index is 1510. The third-order valence-electron chi connectivity index (χ3n) is 6.28. The van der Waals surface area contributed by atoms with E-state index < -0.39 is 11.4 Å². The number of hydrogen-bond acceptors (Lipinski definition) is 7. The average molecular weight is 519 g/mol. The Morgan fingerprint density at radius 3 is 2.66 bits per heavy atom. The second-order valence-corrected chi connectivity index (χ2v) is 10.2. The number of amides is 1. The summed E-state index contributed by atoms with van der Waals surface area (Å²) in [4.78, 5) is 17.2. The van der Waals surface area contributed by atoms with Crippen molar-refractivity contribution in [3.8, 4) is 17.0 Å². The van der Waals surface area contributed by atoms with Crippen LogP contribution in [0.5, 0.6) is 5.75 Å². The van der Waals surface area contributed by atoms with Crippen LogP contribution < -0.4 is 20.7 Å². The van der Waals surface area contributed by atoms with Crippen molar-refractivity contribution >= 4 is 28.7 Å². The number of aryl methyl sites for hydroxylation is 1. The molecule has 4 aromatic rings. The predicted octanol–water partition coefficient (Wildman–Crippen LogP) is 4.67. The number of carbonyl (C=O) groups excluding carboxylic acids is 1. The van der Waals surface area contributed by atoms with Crippen molar-refractivity contribution in [2.45, 2.75) is 45.3 Å². The summed E-state index contributed by atoms with van der Waals surface area (Å²) in [5.74, 6) is 0.312. The highest BCUT2D eigenvalue weighted by Crippen LogP contribution is 2.32. The molecule has 5 rings (SSSR count). The number of benzene rings is 2. The van der Waals surface area contributed by atoms with Gasteiger partial charge in [0.05, 0.1) is 36.0 Å². The maximum Gasteiger partial charge on any atom is 0.251 e. The maximum absolute atomic E-state index is 13.7. The summed E-state index contributed by atoms with van der Waals surface area (Å²) < 4.78 is 20.8. The number of anilines is 3. The monoisotopic (exact) mass is 518 g/mol. The van der Waals surface area contributed by atoms with Gasteiger partial charge in [-0.2, -0.15) is 0 Å². The summed E-state index contributed by atoms with van der Waals surface area (Å²) >= 11 is 0. The molecule has 1 amide bonds. The Morgan fingerprint density at radius 2 is 1.97 bits per heavy atom. The lowest BCUT2D eigenvalue weighted by atomic mass is 10.0. The van der Waals surface area contributed by atoms with E-state index in [4.69, 9.17) is 9.84 Å². The van der Waals surface area contributed by atoms with Crippen molar-refractivity contribution in [3.63, 3.8) is 0 Å². The molecule has 1 aliphatic carbocycles. The number of halogens is 1. The zero-order valence-corrected chi connectivity index (χ0v) is 21.8. The number of rotatable bonds is 9. The molecule has 1 saturated carbocycles. The third-order valence-corrected chi connectivity index (χ3v) is 6.28. The predicted molar refractivity (Wildman–Crippen MR) is 145 cm³/mol. The Hall–Kier alpha value is -4.18. The first-order valence-corrected chi connectivity index (χ1v) is 12.5. The fourth-order valence-electron chi connectivity index (χ4n) is 4.14. The smallest absolute Gasteiger partial charge is 0.251 e. The van der Waals surface area contributed by atoms with Crippen molar-refractivity contribution in [1.82, 2.24) is 19.9 Å². The molecule has 198 valence electrons. The van der Waals surface area contributed by atoms with Gasteiger partial charge in [-0.3, -0.25) is 4.79 Å². The van der Waals surface area contributed by atoms with Crippen LogP contribution in [0.3, 0.4) is 0 Å². The van der Waals surface area contributed by atoms with Gasteiger partial charge in [0, 0.05) is 35.8 Å². The van der Waals surface area contributed by atoms with Crippen molar-refractivity contribution < 1.29 is 19.0 Å². The van der Waals surface area contributed by atoms with Crippen LogP contribution in [0, 0.1) is 12.7 Å². The van der Waals surface area contributed by atoms with Gasteiger partial charge in [-0.1, -0.05) is 6.07 Å². The number of aliphatic hydroxyl groups is 1. The van der Waals surface area contributed by atoms with Crippen molar-refractivity contribution in [1.29, 1.82) is 0 Å². The van der Waals surface area contributed by atoms with Crippen molar-refractivity contribution in [2.24, 2.45) is 0 Å². The number of hydrogen-bond donors (Lipinski definition) is 4. The molecule has 0 aliphatic heterocycles. The molecule has 1 fully saturated rings. The topological polar surface area (TPSA) is 113 Å². The van der Waals surface area contributed by atoms with Crippen LogP contribution >= 0.6 is 0 Å². The number of imidazole rings is 1. The van der Waals surface area contributed by atoms with Gasteiger partial charge in [0.2, 0.25) is 0 Å². The number of ether oxygens (including phenoxy) is 1. The quantitative estimate of drug-likeness (QED) is 0.255. The van der Waals surface area contributed by atoms with Crippen LogP contribution in [0.4, 0.5) is 21.6 Å². The average Bonchev–Trinajstić information content (AvgIpc) is 3.58. The molecule has 2 heterocycles. The van der Waals surface area contributed by atoms with Gasteiger partial charge in [-0.05, 0) is 63.4 Å². The highest BCUT2D eigenvalue weighted by atomic mass is 19.1. The molecule has 2 aromatic carbocycles. The minimum atomic E-state index is -0.961. The highest BCUT2D eigenvalue weighted by molar-refractivity contribution is 5.96.